The van der Waals surface area contributed by atoms with Gasteiger partial charge in [-0.3, -0.25) is 24.4 Å². The van der Waals surface area contributed by atoms with Gasteiger partial charge >= 0.3 is 18.3 Å². The van der Waals surface area contributed by atoms with E-state index in [1.54, 1.807) is 37.9 Å². The molecule has 6 aliphatic rings. The Kier molecular flexibility index (Phi) is 25.0. The highest BCUT2D eigenvalue weighted by Gasteiger charge is 2.50. The molecule has 4 aliphatic heterocycles. The number of halogens is 6. The summed E-state index contributed by atoms with van der Waals surface area (Å²) >= 11 is 0. The molecule has 4 fully saturated rings. The van der Waals surface area contributed by atoms with E-state index < -0.39 is 62.3 Å². The van der Waals surface area contributed by atoms with Crippen LogP contribution in [0.1, 0.15) is 178 Å². The van der Waals surface area contributed by atoms with Crippen molar-refractivity contribution in [3.8, 4) is 0 Å². The van der Waals surface area contributed by atoms with E-state index in [9.17, 15) is 67.5 Å². The second kappa shape index (κ2) is 30.0. The Labute approximate surface area is 505 Å². The first-order valence-corrected chi connectivity index (χ1v) is 33.2. The van der Waals surface area contributed by atoms with Crippen molar-refractivity contribution in [3.63, 3.8) is 0 Å². The largest absolute Gasteiger partial charge is 0.478 e. The minimum atomic E-state index is -4.14. The zero-order valence-electron chi connectivity index (χ0n) is 50.5. The predicted molar refractivity (Wildman–Crippen MR) is 322 cm³/mol. The maximum atomic E-state index is 13.3. The number of benzene rings is 2. The number of alkyl halides is 6. The maximum absolute atomic E-state index is 13.3. The van der Waals surface area contributed by atoms with Crippen LogP contribution in [0.2, 0.25) is 0 Å². The molecule has 484 valence electrons. The van der Waals surface area contributed by atoms with E-state index >= 15 is 0 Å². The summed E-state index contributed by atoms with van der Waals surface area (Å²) in [6.45, 7) is 13.7. The number of rotatable bonds is 18. The number of amides is 3. The van der Waals surface area contributed by atoms with Crippen LogP contribution in [0.5, 0.6) is 0 Å². The number of nitrogens with zero attached hydrogens (tertiary/aromatic N) is 5. The van der Waals surface area contributed by atoms with Gasteiger partial charge in [0.05, 0.1) is 17.1 Å². The molecule has 0 atom stereocenters. The number of aryl methyl sites for hydroxylation is 4. The number of sulfonamides is 2. The Hall–Kier alpha value is -4.98. The first kappa shape index (κ1) is 71.8. The number of piperidine rings is 2. The smallest absolute Gasteiger partial charge is 0.389 e. The molecule has 0 unspecified atom stereocenters. The van der Waals surface area contributed by atoms with Gasteiger partial charge in [0.2, 0.25) is 20.0 Å². The van der Waals surface area contributed by atoms with Crippen LogP contribution in [0, 0.1) is 51.4 Å². The molecule has 25 heteroatoms. The second-order valence-corrected chi connectivity index (χ2v) is 28.3. The van der Waals surface area contributed by atoms with Gasteiger partial charge in [-0.05, 0) is 220 Å². The molecule has 0 radical (unpaired) electrons. The Morgan fingerprint density at radius 3 is 1.26 bits per heavy atom. The SMILES string of the molecule is C.CCN(C)C(=O)c1cc(C)c(CCS(=O)(=O)N2CCC3(CC2)N=C(C2CCC(CCC(F)(F)F)CC2)NC3=O)c(C)c1.CCNC.Cc1cc(C(=O)O)cc(C)c1CCS(=O)(=O)N1CCC2(CC1)N=C(C1CCC(CCC(F)(F)F)CC1)NC2=O. The lowest BCUT2D eigenvalue weighted by molar-refractivity contribution is -0.139. The zero-order chi connectivity index (χ0) is 62.9. The van der Waals surface area contributed by atoms with E-state index in [-0.39, 0.29) is 124 Å². The fourth-order valence-corrected chi connectivity index (χ4v) is 15.6. The van der Waals surface area contributed by atoms with Crippen LogP contribution in [0.4, 0.5) is 26.3 Å². The van der Waals surface area contributed by atoms with Gasteiger partial charge in [-0.2, -0.15) is 26.3 Å². The quantitative estimate of drug-likeness (QED) is 0.103. The Balaban J connectivity index is 0.000000293. The number of nitrogens with one attached hydrogen (secondary N) is 3. The number of amidine groups is 2. The lowest BCUT2D eigenvalue weighted by Crippen LogP contribution is -2.51. The molecule has 3 amide bonds. The van der Waals surface area contributed by atoms with Crippen molar-refractivity contribution in [2.45, 2.75) is 188 Å². The Bertz CT molecular complexity index is 2950. The average Bonchev–Trinajstić information content (AvgIpc) is 4.15. The van der Waals surface area contributed by atoms with E-state index in [1.807, 2.05) is 40.0 Å². The van der Waals surface area contributed by atoms with Crippen LogP contribution in [0.15, 0.2) is 34.3 Å². The van der Waals surface area contributed by atoms with Gasteiger partial charge in [-0.1, -0.05) is 14.4 Å². The molecule has 0 aromatic heterocycles. The van der Waals surface area contributed by atoms with Crippen LogP contribution in [-0.4, -0.2) is 159 Å². The predicted octanol–water partition coefficient (Wildman–Crippen LogP) is 10.0. The molecule has 2 aliphatic carbocycles. The van der Waals surface area contributed by atoms with E-state index in [4.69, 9.17) is 9.98 Å². The number of aromatic carboxylic acids is 1. The molecular formula is C61H92F6N8O9S2. The van der Waals surface area contributed by atoms with Crippen LogP contribution in [0.3, 0.4) is 0 Å². The normalized spacial score (nSPS) is 22.5. The van der Waals surface area contributed by atoms with Gasteiger partial charge in [-0.15, -0.1) is 0 Å². The molecule has 2 saturated heterocycles. The van der Waals surface area contributed by atoms with Gasteiger partial charge < -0.3 is 26.0 Å². The van der Waals surface area contributed by atoms with Crippen molar-refractivity contribution in [3.05, 3.63) is 68.8 Å². The molecule has 17 nitrogen and oxygen atoms in total. The van der Waals surface area contributed by atoms with Crippen molar-refractivity contribution in [2.75, 3.05) is 64.9 Å². The molecule has 0 bridgehead atoms. The highest BCUT2D eigenvalue weighted by Crippen LogP contribution is 2.41. The zero-order valence-corrected chi connectivity index (χ0v) is 52.2. The van der Waals surface area contributed by atoms with Gasteiger partial charge in [0.1, 0.15) is 22.7 Å². The summed E-state index contributed by atoms with van der Waals surface area (Å²) in [5, 5.41) is 18.0. The van der Waals surface area contributed by atoms with Crippen molar-refractivity contribution in [2.24, 2.45) is 33.7 Å². The molecule has 2 spiro atoms. The van der Waals surface area contributed by atoms with E-state index in [1.165, 1.54) is 8.61 Å². The molecular weight excluding hydrogens is 1170 g/mol. The summed E-state index contributed by atoms with van der Waals surface area (Å²) in [5.41, 5.74) is 3.76. The second-order valence-electron chi connectivity index (χ2n) is 24.1. The summed E-state index contributed by atoms with van der Waals surface area (Å²) in [6.07, 6.45) is -2.32. The Morgan fingerprint density at radius 1 is 0.640 bits per heavy atom. The van der Waals surface area contributed by atoms with E-state index in [0.717, 1.165) is 39.9 Å². The number of carbonyl (C=O) groups is 4. The number of hydrogen-bond donors (Lipinski definition) is 4. The summed E-state index contributed by atoms with van der Waals surface area (Å²) in [5.74, 6) is -0.396. The number of carboxylic acid groups (broad SMARTS) is 1. The molecule has 86 heavy (non-hydrogen) atoms. The highest BCUT2D eigenvalue weighted by atomic mass is 32.2. The third-order valence-electron chi connectivity index (χ3n) is 18.3. The number of hydrogen-bond acceptors (Lipinski definition) is 11. The molecule has 2 aromatic rings. The van der Waals surface area contributed by atoms with E-state index in [0.29, 0.717) is 94.4 Å². The molecule has 4 heterocycles. The third-order valence-corrected chi connectivity index (χ3v) is 22.0. The average molecular weight is 1260 g/mol. The van der Waals surface area contributed by atoms with Crippen LogP contribution < -0.4 is 16.0 Å². The van der Waals surface area contributed by atoms with Crippen molar-refractivity contribution in [1.29, 1.82) is 0 Å². The van der Waals surface area contributed by atoms with Crippen LogP contribution >= 0.6 is 0 Å². The van der Waals surface area contributed by atoms with Gasteiger partial charge in [0, 0.05) is 70.0 Å². The first-order valence-electron chi connectivity index (χ1n) is 30.0. The minimum Gasteiger partial charge on any atom is -0.478 e. The van der Waals surface area contributed by atoms with Gasteiger partial charge in [0.15, 0.2) is 0 Å². The van der Waals surface area contributed by atoms with Crippen LogP contribution in [0.25, 0.3) is 0 Å². The van der Waals surface area contributed by atoms with Crippen molar-refractivity contribution in [1.82, 2.24) is 29.5 Å². The van der Waals surface area contributed by atoms with Crippen molar-refractivity contribution < 1.29 is 67.5 Å². The lowest BCUT2D eigenvalue weighted by Gasteiger charge is -2.35. The monoisotopic (exact) mass is 1260 g/mol. The van der Waals surface area contributed by atoms with Gasteiger partial charge in [0.25, 0.3) is 17.7 Å². The fraction of sp³-hybridized carbons (Fsp3) is 0.705. The number of carboxylic acids is 1. The minimum absolute atomic E-state index is 0. The lowest BCUT2D eigenvalue weighted by atomic mass is 9.79. The number of aliphatic imine (C=N–C) groups is 2. The standard InChI is InChI=1S/C30H43F3N4O4S.C27H36F3N3O5S.C3H9N.CH4/c1-5-36(4)27(38)24-18-20(2)25(21(3)19-24)11-17-42(40,41)37-15-13-29(14-16-37)28(39)34-26(35-29)23-8-6-22(7-9-23)10-12-30(31,32)33;1-17-15-21(24(34)35)16-18(2)22(17)8-14-39(37,38)33-12-10-26(11-13-33)25(36)31-23(32-26)20-5-3-19(4-6-20)7-9-27(28,29)30;1-3-4-2;/h18-19,22-23H,5-17H2,1-4H3,(H,34,35,39);15-16,19-20H,3-14H2,1-2H3,(H,34,35)(H,31,32,36);4H,3H2,1-2H3;1H4. The molecule has 8 rings (SSSR count). The van der Waals surface area contributed by atoms with E-state index in [2.05, 4.69) is 22.9 Å². The molecule has 2 aromatic carbocycles. The first-order chi connectivity index (χ1) is 39.7. The summed E-state index contributed by atoms with van der Waals surface area (Å²) in [4.78, 5) is 61.0. The molecule has 4 N–H and O–H groups in total. The maximum Gasteiger partial charge on any atom is 0.389 e. The van der Waals surface area contributed by atoms with Gasteiger partial charge in [-0.25, -0.2) is 30.2 Å². The summed E-state index contributed by atoms with van der Waals surface area (Å²) < 4.78 is 131. The topological polar surface area (TPSA) is 227 Å². The Morgan fingerprint density at radius 2 is 0.965 bits per heavy atom. The highest BCUT2D eigenvalue weighted by molar-refractivity contribution is 7.89. The van der Waals surface area contributed by atoms with Crippen molar-refractivity contribution >= 4 is 55.4 Å². The summed E-state index contributed by atoms with van der Waals surface area (Å²) in [6, 6.07) is 6.73. The summed E-state index contributed by atoms with van der Waals surface area (Å²) in [7, 11) is -3.51. The third kappa shape index (κ3) is 18.8. The van der Waals surface area contributed by atoms with Crippen LogP contribution in [-0.2, 0) is 42.5 Å². The molecule has 2 saturated carbocycles. The fourth-order valence-electron chi connectivity index (χ4n) is 12.7. The number of carbonyl (C=O) groups excluding carboxylic acids is 3.